The SMILES string of the molecule is COc1ccc(C(=O)C(=C2SCCS2)C2COCCO2)cc1. The van der Waals surface area contributed by atoms with Crippen molar-refractivity contribution in [1.29, 1.82) is 0 Å². The number of carbonyl (C=O) groups is 1. The number of ether oxygens (including phenoxy) is 3. The Labute approximate surface area is 138 Å². The van der Waals surface area contributed by atoms with Crippen LogP contribution in [-0.4, -0.2) is 50.3 Å². The molecular weight excluding hydrogens is 320 g/mol. The average molecular weight is 338 g/mol. The minimum Gasteiger partial charge on any atom is -0.497 e. The van der Waals surface area contributed by atoms with Gasteiger partial charge in [0.05, 0.1) is 32.5 Å². The summed E-state index contributed by atoms with van der Waals surface area (Å²) in [6, 6.07) is 7.22. The van der Waals surface area contributed by atoms with Gasteiger partial charge in [-0.3, -0.25) is 4.79 Å². The molecule has 2 aliphatic rings. The van der Waals surface area contributed by atoms with Gasteiger partial charge in [-0.05, 0) is 24.3 Å². The van der Waals surface area contributed by atoms with Crippen molar-refractivity contribution in [3.05, 3.63) is 39.6 Å². The number of benzene rings is 1. The van der Waals surface area contributed by atoms with Crippen LogP contribution in [-0.2, 0) is 9.47 Å². The summed E-state index contributed by atoms with van der Waals surface area (Å²) in [4.78, 5) is 13.0. The molecule has 3 rings (SSSR count). The molecule has 1 unspecified atom stereocenters. The van der Waals surface area contributed by atoms with Crippen LogP contribution >= 0.6 is 23.5 Å². The topological polar surface area (TPSA) is 44.8 Å². The lowest BCUT2D eigenvalue weighted by Crippen LogP contribution is -2.33. The third-order valence-corrected chi connectivity index (χ3v) is 6.25. The highest BCUT2D eigenvalue weighted by molar-refractivity contribution is 8.25. The zero-order valence-electron chi connectivity index (χ0n) is 12.4. The van der Waals surface area contributed by atoms with E-state index in [1.54, 1.807) is 42.8 Å². The number of ketones is 1. The number of hydrogen-bond acceptors (Lipinski definition) is 6. The molecule has 4 nitrogen and oxygen atoms in total. The number of Topliss-reactive ketones (excluding diaryl/α,β-unsaturated/α-hetero) is 1. The van der Waals surface area contributed by atoms with Crippen molar-refractivity contribution in [3.63, 3.8) is 0 Å². The van der Waals surface area contributed by atoms with E-state index >= 15 is 0 Å². The van der Waals surface area contributed by atoms with Crippen LogP contribution in [0.2, 0.25) is 0 Å². The summed E-state index contributed by atoms with van der Waals surface area (Å²) in [5.74, 6) is 2.84. The first kappa shape index (κ1) is 15.9. The second kappa shape index (κ2) is 7.55. The van der Waals surface area contributed by atoms with Crippen LogP contribution in [0.4, 0.5) is 0 Å². The second-order valence-corrected chi connectivity index (χ2v) is 7.36. The minimum absolute atomic E-state index is 0.0232. The molecule has 2 aliphatic heterocycles. The van der Waals surface area contributed by atoms with Gasteiger partial charge in [-0.15, -0.1) is 23.5 Å². The predicted molar refractivity (Wildman–Crippen MR) is 89.8 cm³/mol. The zero-order chi connectivity index (χ0) is 15.4. The number of carbonyl (C=O) groups excluding carboxylic acids is 1. The Kier molecular flexibility index (Phi) is 5.46. The van der Waals surface area contributed by atoms with Gasteiger partial charge in [0.2, 0.25) is 0 Å². The van der Waals surface area contributed by atoms with Crippen LogP contribution < -0.4 is 4.74 Å². The van der Waals surface area contributed by atoms with Crippen molar-refractivity contribution >= 4 is 29.3 Å². The quantitative estimate of drug-likeness (QED) is 0.621. The lowest BCUT2D eigenvalue weighted by molar-refractivity contribution is -0.0712. The summed E-state index contributed by atoms with van der Waals surface area (Å²) in [7, 11) is 1.61. The van der Waals surface area contributed by atoms with Crippen molar-refractivity contribution in [1.82, 2.24) is 0 Å². The third-order valence-electron chi connectivity index (χ3n) is 3.50. The van der Waals surface area contributed by atoms with Crippen molar-refractivity contribution in [2.45, 2.75) is 6.10 Å². The Morgan fingerprint density at radius 3 is 2.50 bits per heavy atom. The zero-order valence-corrected chi connectivity index (χ0v) is 14.0. The molecule has 2 heterocycles. The first-order chi connectivity index (χ1) is 10.8. The van der Waals surface area contributed by atoms with Crippen molar-refractivity contribution in [2.24, 2.45) is 0 Å². The summed E-state index contributed by atoms with van der Waals surface area (Å²) in [6.07, 6.45) is -0.267. The monoisotopic (exact) mass is 338 g/mol. The molecule has 6 heteroatoms. The largest absolute Gasteiger partial charge is 0.497 e. The van der Waals surface area contributed by atoms with E-state index < -0.39 is 0 Å². The maximum Gasteiger partial charge on any atom is 0.193 e. The Bertz CT molecular complexity index is 554. The molecule has 118 valence electrons. The second-order valence-electron chi connectivity index (χ2n) is 4.89. The fourth-order valence-electron chi connectivity index (χ4n) is 2.39. The standard InChI is InChI=1S/C16H18O4S2/c1-18-12-4-2-11(3-5-12)15(17)14(16-21-8-9-22-16)13-10-19-6-7-20-13/h2-5,13H,6-10H2,1H3. The Hall–Kier alpha value is -0.950. The molecule has 0 saturated carbocycles. The van der Waals surface area contributed by atoms with Crippen LogP contribution in [0.1, 0.15) is 10.4 Å². The number of thioether (sulfide) groups is 2. The molecule has 22 heavy (non-hydrogen) atoms. The van der Waals surface area contributed by atoms with Crippen LogP contribution in [0.15, 0.2) is 34.1 Å². The number of rotatable bonds is 4. The fourth-order valence-corrected chi connectivity index (χ4v) is 5.02. The van der Waals surface area contributed by atoms with Crippen LogP contribution in [0, 0.1) is 0 Å². The van der Waals surface area contributed by atoms with E-state index in [2.05, 4.69) is 0 Å². The molecule has 0 aliphatic carbocycles. The van der Waals surface area contributed by atoms with Gasteiger partial charge in [0, 0.05) is 21.3 Å². The summed E-state index contributed by atoms with van der Waals surface area (Å²) in [5.41, 5.74) is 1.41. The van der Waals surface area contributed by atoms with Gasteiger partial charge < -0.3 is 14.2 Å². The van der Waals surface area contributed by atoms with E-state index in [0.29, 0.717) is 25.4 Å². The van der Waals surface area contributed by atoms with Crippen molar-refractivity contribution < 1.29 is 19.0 Å². The lowest BCUT2D eigenvalue weighted by Gasteiger charge is -2.25. The third kappa shape index (κ3) is 3.51. The molecule has 2 fully saturated rings. The van der Waals surface area contributed by atoms with Gasteiger partial charge in [0.15, 0.2) is 5.78 Å². The van der Waals surface area contributed by atoms with Crippen LogP contribution in [0.5, 0.6) is 5.75 Å². The highest BCUT2D eigenvalue weighted by Crippen LogP contribution is 2.41. The highest BCUT2D eigenvalue weighted by atomic mass is 32.2. The van der Waals surface area contributed by atoms with Gasteiger partial charge in [-0.1, -0.05) is 0 Å². The van der Waals surface area contributed by atoms with E-state index in [9.17, 15) is 4.79 Å². The van der Waals surface area contributed by atoms with E-state index in [0.717, 1.165) is 27.1 Å². The Balaban J connectivity index is 1.90. The molecule has 1 aromatic carbocycles. The Morgan fingerprint density at radius 2 is 1.91 bits per heavy atom. The van der Waals surface area contributed by atoms with Crippen molar-refractivity contribution in [3.8, 4) is 5.75 Å². The molecule has 0 spiro atoms. The molecule has 0 bridgehead atoms. The predicted octanol–water partition coefficient (Wildman–Crippen LogP) is 2.98. The molecule has 0 radical (unpaired) electrons. The fraction of sp³-hybridized carbons (Fsp3) is 0.438. The van der Waals surface area contributed by atoms with Gasteiger partial charge >= 0.3 is 0 Å². The molecule has 1 aromatic rings. The summed E-state index contributed by atoms with van der Waals surface area (Å²) in [6.45, 7) is 1.57. The molecule has 0 aromatic heterocycles. The number of hydrogen-bond donors (Lipinski definition) is 0. The summed E-state index contributed by atoms with van der Waals surface area (Å²) < 4.78 is 17.5. The minimum atomic E-state index is -0.267. The number of methoxy groups -OCH3 is 1. The van der Waals surface area contributed by atoms with Gasteiger partial charge in [-0.2, -0.15) is 0 Å². The lowest BCUT2D eigenvalue weighted by atomic mass is 10.00. The normalized spacial score (nSPS) is 21.7. The average Bonchev–Trinajstić information content (AvgIpc) is 3.10. The smallest absolute Gasteiger partial charge is 0.193 e. The van der Waals surface area contributed by atoms with E-state index in [4.69, 9.17) is 14.2 Å². The van der Waals surface area contributed by atoms with Crippen molar-refractivity contribution in [2.75, 3.05) is 38.4 Å². The van der Waals surface area contributed by atoms with Gasteiger partial charge in [0.25, 0.3) is 0 Å². The molecular formula is C16H18O4S2. The molecule has 0 amide bonds. The Morgan fingerprint density at radius 1 is 1.18 bits per heavy atom. The first-order valence-electron chi connectivity index (χ1n) is 7.17. The molecule has 2 saturated heterocycles. The van der Waals surface area contributed by atoms with Crippen LogP contribution in [0.3, 0.4) is 0 Å². The van der Waals surface area contributed by atoms with Gasteiger partial charge in [0.1, 0.15) is 11.9 Å². The summed E-state index contributed by atoms with van der Waals surface area (Å²) >= 11 is 3.47. The maximum atomic E-state index is 13.0. The van der Waals surface area contributed by atoms with E-state index in [1.807, 2.05) is 12.1 Å². The van der Waals surface area contributed by atoms with Gasteiger partial charge in [-0.25, -0.2) is 0 Å². The summed E-state index contributed by atoms with van der Waals surface area (Å²) in [5, 5.41) is 0. The molecule has 1 atom stereocenters. The first-order valence-corrected chi connectivity index (χ1v) is 9.14. The van der Waals surface area contributed by atoms with E-state index in [1.165, 1.54) is 0 Å². The molecule has 0 N–H and O–H groups in total. The maximum absolute atomic E-state index is 13.0. The highest BCUT2D eigenvalue weighted by Gasteiger charge is 2.30. The van der Waals surface area contributed by atoms with E-state index in [-0.39, 0.29) is 11.9 Å². The van der Waals surface area contributed by atoms with Crippen LogP contribution in [0.25, 0.3) is 0 Å².